The minimum atomic E-state index is 0.185. The molecule has 0 radical (unpaired) electrons. The summed E-state index contributed by atoms with van der Waals surface area (Å²) in [6, 6.07) is 16.4. The quantitative estimate of drug-likeness (QED) is 0.799. The van der Waals surface area contributed by atoms with E-state index >= 15 is 0 Å². The van der Waals surface area contributed by atoms with Gasteiger partial charge in [0.2, 0.25) is 5.91 Å². The SMILES string of the molecule is COc1cc2c(cc1CNC1C(c3ccccc3)NC3CCCC31)N(C)C(=O)CC2. The minimum Gasteiger partial charge on any atom is -0.496 e. The van der Waals surface area contributed by atoms with E-state index in [2.05, 4.69) is 53.1 Å². The summed E-state index contributed by atoms with van der Waals surface area (Å²) >= 11 is 0. The first-order valence-corrected chi connectivity index (χ1v) is 11.2. The molecular formula is C25H31N3O2. The van der Waals surface area contributed by atoms with Crippen LogP contribution in [0.2, 0.25) is 0 Å². The maximum Gasteiger partial charge on any atom is 0.227 e. The highest BCUT2D eigenvalue weighted by atomic mass is 16.5. The zero-order valence-electron chi connectivity index (χ0n) is 17.9. The van der Waals surface area contributed by atoms with Crippen molar-refractivity contribution >= 4 is 11.6 Å². The molecule has 3 aliphatic rings. The number of methoxy groups -OCH3 is 1. The number of ether oxygens (including phenoxy) is 1. The molecule has 1 saturated heterocycles. The first-order valence-electron chi connectivity index (χ1n) is 11.2. The maximum absolute atomic E-state index is 12.2. The lowest BCUT2D eigenvalue weighted by molar-refractivity contribution is -0.118. The number of aryl methyl sites for hydroxylation is 1. The Morgan fingerprint density at radius 1 is 1.17 bits per heavy atom. The lowest BCUT2D eigenvalue weighted by Crippen LogP contribution is -2.38. The molecule has 30 heavy (non-hydrogen) atoms. The summed E-state index contributed by atoms with van der Waals surface area (Å²) in [4.78, 5) is 14.0. The fraction of sp³-hybridized carbons (Fsp3) is 0.480. The lowest BCUT2D eigenvalue weighted by atomic mass is 9.91. The molecule has 158 valence electrons. The number of nitrogens with one attached hydrogen (secondary N) is 2. The monoisotopic (exact) mass is 405 g/mol. The topological polar surface area (TPSA) is 53.6 Å². The van der Waals surface area contributed by atoms with Crippen molar-refractivity contribution < 1.29 is 9.53 Å². The van der Waals surface area contributed by atoms with Crippen LogP contribution < -0.4 is 20.3 Å². The summed E-state index contributed by atoms with van der Waals surface area (Å²) in [5.41, 5.74) is 4.68. The van der Waals surface area contributed by atoms with Crippen LogP contribution in [-0.2, 0) is 17.8 Å². The molecule has 2 aromatic rings. The third-order valence-electron chi connectivity index (χ3n) is 7.30. The van der Waals surface area contributed by atoms with Crippen LogP contribution in [-0.4, -0.2) is 32.1 Å². The Bertz CT molecular complexity index is 929. The lowest BCUT2D eigenvalue weighted by Gasteiger charge is -2.29. The van der Waals surface area contributed by atoms with Gasteiger partial charge in [-0.2, -0.15) is 0 Å². The van der Waals surface area contributed by atoms with E-state index in [1.54, 1.807) is 12.0 Å². The van der Waals surface area contributed by atoms with Gasteiger partial charge in [0.1, 0.15) is 5.75 Å². The Morgan fingerprint density at radius 2 is 2.00 bits per heavy atom. The highest BCUT2D eigenvalue weighted by molar-refractivity contribution is 5.96. The van der Waals surface area contributed by atoms with E-state index in [-0.39, 0.29) is 5.91 Å². The van der Waals surface area contributed by atoms with Crippen LogP contribution in [0.3, 0.4) is 0 Å². The minimum absolute atomic E-state index is 0.185. The molecule has 0 spiro atoms. The maximum atomic E-state index is 12.2. The standard InChI is InChI=1S/C25H31N3O2/c1-28-21-13-18(22(30-2)14-17(21)11-12-23(28)29)15-26-25-19-9-6-10-20(19)27-24(25)16-7-4-3-5-8-16/h3-5,7-8,13-14,19-20,24-27H,6,9-12,15H2,1-2H3. The fourth-order valence-electron chi connectivity index (χ4n) is 5.71. The third kappa shape index (κ3) is 3.40. The zero-order chi connectivity index (χ0) is 20.7. The second-order valence-corrected chi connectivity index (χ2v) is 8.91. The van der Waals surface area contributed by atoms with E-state index in [1.165, 1.54) is 30.4 Å². The fourth-order valence-corrected chi connectivity index (χ4v) is 5.71. The smallest absolute Gasteiger partial charge is 0.227 e. The van der Waals surface area contributed by atoms with Crippen molar-refractivity contribution in [1.29, 1.82) is 0 Å². The summed E-state index contributed by atoms with van der Waals surface area (Å²) in [6.45, 7) is 0.734. The number of amides is 1. The number of carbonyl (C=O) groups is 1. The Morgan fingerprint density at radius 3 is 2.80 bits per heavy atom. The summed E-state index contributed by atoms with van der Waals surface area (Å²) in [6.07, 6.45) is 5.20. The first-order chi connectivity index (χ1) is 14.7. The molecule has 0 bridgehead atoms. The Balaban J connectivity index is 1.41. The summed E-state index contributed by atoms with van der Waals surface area (Å²) in [5.74, 6) is 1.75. The van der Waals surface area contributed by atoms with Gasteiger partial charge in [-0.3, -0.25) is 4.79 Å². The van der Waals surface area contributed by atoms with Crippen molar-refractivity contribution in [3.63, 3.8) is 0 Å². The van der Waals surface area contributed by atoms with E-state index in [1.807, 2.05) is 7.05 Å². The second kappa shape index (κ2) is 8.05. The number of fused-ring (bicyclic) bond motifs is 2. The van der Waals surface area contributed by atoms with E-state index in [4.69, 9.17) is 4.74 Å². The summed E-state index contributed by atoms with van der Waals surface area (Å²) in [7, 11) is 3.61. The number of nitrogens with zero attached hydrogens (tertiary/aromatic N) is 1. The predicted molar refractivity (Wildman–Crippen MR) is 119 cm³/mol. The molecule has 2 aromatic carbocycles. The van der Waals surface area contributed by atoms with Crippen LogP contribution in [0.25, 0.3) is 0 Å². The van der Waals surface area contributed by atoms with E-state index in [9.17, 15) is 4.79 Å². The molecule has 2 aliphatic heterocycles. The molecule has 0 aromatic heterocycles. The van der Waals surface area contributed by atoms with Crippen LogP contribution in [0.5, 0.6) is 5.75 Å². The highest BCUT2D eigenvalue weighted by Crippen LogP contribution is 2.41. The molecule has 4 unspecified atom stereocenters. The first kappa shape index (κ1) is 19.6. The molecule has 5 nitrogen and oxygen atoms in total. The van der Waals surface area contributed by atoms with Crippen LogP contribution in [0.15, 0.2) is 42.5 Å². The van der Waals surface area contributed by atoms with Crippen molar-refractivity contribution in [2.24, 2.45) is 5.92 Å². The molecule has 1 amide bonds. The molecule has 5 rings (SSSR count). The molecule has 1 saturated carbocycles. The second-order valence-electron chi connectivity index (χ2n) is 8.91. The van der Waals surface area contributed by atoms with E-state index in [0.717, 1.165) is 30.0 Å². The Kier molecular flexibility index (Phi) is 5.25. The van der Waals surface area contributed by atoms with Crippen LogP contribution >= 0.6 is 0 Å². The van der Waals surface area contributed by atoms with Crippen LogP contribution in [0, 0.1) is 5.92 Å². The third-order valence-corrected chi connectivity index (χ3v) is 7.30. The molecule has 2 N–H and O–H groups in total. The molecule has 2 heterocycles. The van der Waals surface area contributed by atoms with Gasteiger partial charge in [0.05, 0.1) is 7.11 Å². The van der Waals surface area contributed by atoms with Gasteiger partial charge in [0, 0.05) is 49.4 Å². The highest BCUT2D eigenvalue weighted by Gasteiger charge is 2.45. The van der Waals surface area contributed by atoms with Gasteiger partial charge in [-0.15, -0.1) is 0 Å². The van der Waals surface area contributed by atoms with Crippen molar-refractivity contribution in [2.75, 3.05) is 19.1 Å². The van der Waals surface area contributed by atoms with E-state index < -0.39 is 0 Å². The van der Waals surface area contributed by atoms with E-state index in [0.29, 0.717) is 30.5 Å². The molecule has 4 atom stereocenters. The molecule has 2 fully saturated rings. The molecule has 5 heteroatoms. The molecular weight excluding hydrogens is 374 g/mol. The number of carbonyl (C=O) groups excluding carboxylic acids is 1. The number of anilines is 1. The van der Waals surface area contributed by atoms with Crippen LogP contribution in [0.4, 0.5) is 5.69 Å². The average molecular weight is 406 g/mol. The average Bonchev–Trinajstić information content (AvgIpc) is 3.37. The van der Waals surface area contributed by atoms with Gasteiger partial charge in [-0.25, -0.2) is 0 Å². The van der Waals surface area contributed by atoms with Gasteiger partial charge in [-0.1, -0.05) is 36.8 Å². The zero-order valence-corrected chi connectivity index (χ0v) is 17.9. The van der Waals surface area contributed by atoms with Gasteiger partial charge < -0.3 is 20.3 Å². The number of rotatable bonds is 5. The number of hydrogen-bond donors (Lipinski definition) is 2. The van der Waals surface area contributed by atoms with Crippen molar-refractivity contribution in [3.05, 3.63) is 59.2 Å². The van der Waals surface area contributed by atoms with Crippen LogP contribution in [0.1, 0.15) is 48.4 Å². The number of benzene rings is 2. The Hall–Kier alpha value is -2.37. The largest absolute Gasteiger partial charge is 0.496 e. The molecule has 1 aliphatic carbocycles. The predicted octanol–water partition coefficient (Wildman–Crippen LogP) is 3.58. The van der Waals surface area contributed by atoms with Gasteiger partial charge in [-0.05, 0) is 48.4 Å². The van der Waals surface area contributed by atoms with Crippen molar-refractivity contribution in [1.82, 2.24) is 10.6 Å². The van der Waals surface area contributed by atoms with Gasteiger partial charge >= 0.3 is 0 Å². The summed E-state index contributed by atoms with van der Waals surface area (Å²) in [5, 5.41) is 7.78. The van der Waals surface area contributed by atoms with Gasteiger partial charge in [0.25, 0.3) is 0 Å². The van der Waals surface area contributed by atoms with Gasteiger partial charge in [0.15, 0.2) is 0 Å². The Labute approximate surface area is 178 Å². The van der Waals surface area contributed by atoms with Crippen molar-refractivity contribution in [3.8, 4) is 5.75 Å². The van der Waals surface area contributed by atoms with Crippen molar-refractivity contribution in [2.45, 2.75) is 56.8 Å². The summed E-state index contributed by atoms with van der Waals surface area (Å²) < 4.78 is 5.73. The normalized spacial score (nSPS) is 27.8. The number of hydrogen-bond acceptors (Lipinski definition) is 4.